The molecule has 2 aromatic rings. The smallest absolute Gasteiger partial charge is 0.325 e. The second-order valence-electron chi connectivity index (χ2n) is 5.01. The first kappa shape index (κ1) is 17.5. The third-order valence-electron chi connectivity index (χ3n) is 3.29. The normalized spacial score (nSPS) is 10.1. The summed E-state index contributed by atoms with van der Waals surface area (Å²) in [7, 11) is 1.59. The Morgan fingerprint density at radius 3 is 2.54 bits per heavy atom. The van der Waals surface area contributed by atoms with Crippen molar-refractivity contribution in [3.05, 3.63) is 65.5 Å². The minimum Gasteiger partial charge on any atom is -0.497 e. The third-order valence-corrected chi connectivity index (χ3v) is 3.29. The highest BCUT2D eigenvalue weighted by Gasteiger charge is 2.09. The van der Waals surface area contributed by atoms with E-state index in [-0.39, 0.29) is 18.7 Å². The molecule has 0 saturated heterocycles. The van der Waals surface area contributed by atoms with Crippen LogP contribution in [-0.2, 0) is 16.0 Å². The first-order valence-electron chi connectivity index (χ1n) is 7.41. The van der Waals surface area contributed by atoms with Crippen LogP contribution in [0.25, 0.3) is 0 Å². The zero-order valence-corrected chi connectivity index (χ0v) is 13.3. The van der Waals surface area contributed by atoms with Gasteiger partial charge in [0, 0.05) is 12.0 Å². The quantitative estimate of drug-likeness (QED) is 0.791. The lowest BCUT2D eigenvalue weighted by molar-refractivity contribution is -0.142. The van der Waals surface area contributed by atoms with Crippen molar-refractivity contribution in [2.75, 3.05) is 20.3 Å². The molecule has 0 spiro atoms. The Hall–Kier alpha value is -2.89. The number of halogens is 1. The van der Waals surface area contributed by atoms with E-state index >= 15 is 0 Å². The van der Waals surface area contributed by atoms with Gasteiger partial charge in [0.1, 0.15) is 18.1 Å². The average Bonchev–Trinajstić information content (AvgIpc) is 2.60. The molecule has 0 aliphatic heterocycles. The summed E-state index contributed by atoms with van der Waals surface area (Å²) in [4.78, 5) is 23.4. The molecule has 126 valence electrons. The van der Waals surface area contributed by atoms with Crippen molar-refractivity contribution in [2.24, 2.45) is 0 Å². The number of hydrogen-bond acceptors (Lipinski definition) is 4. The van der Waals surface area contributed by atoms with Gasteiger partial charge in [-0.15, -0.1) is 0 Å². The molecule has 0 radical (unpaired) electrons. The molecule has 0 bridgehead atoms. The summed E-state index contributed by atoms with van der Waals surface area (Å²) in [5.41, 5.74) is 1.16. The van der Waals surface area contributed by atoms with E-state index in [0.29, 0.717) is 6.42 Å². The highest BCUT2D eigenvalue weighted by atomic mass is 19.1. The number of carbonyl (C=O) groups excluding carboxylic acids is 2. The van der Waals surface area contributed by atoms with Gasteiger partial charge in [0.05, 0.1) is 13.7 Å². The predicted octanol–water partition coefficient (Wildman–Crippen LogP) is 2.35. The molecular formula is C18H18FNO4. The van der Waals surface area contributed by atoms with E-state index in [2.05, 4.69) is 5.32 Å². The van der Waals surface area contributed by atoms with Crippen LogP contribution in [0.3, 0.4) is 0 Å². The number of esters is 1. The van der Waals surface area contributed by atoms with Gasteiger partial charge >= 0.3 is 5.97 Å². The molecule has 0 saturated carbocycles. The number of carbonyl (C=O) groups is 2. The van der Waals surface area contributed by atoms with Crippen molar-refractivity contribution in [3.8, 4) is 5.75 Å². The van der Waals surface area contributed by atoms with Crippen LogP contribution in [-0.4, -0.2) is 32.1 Å². The highest BCUT2D eigenvalue weighted by Crippen LogP contribution is 2.11. The second kappa shape index (κ2) is 8.67. The summed E-state index contributed by atoms with van der Waals surface area (Å²) in [6.45, 7) is -0.0566. The molecule has 0 aliphatic carbocycles. The minimum absolute atomic E-state index is 0.154. The fourth-order valence-corrected chi connectivity index (χ4v) is 2.01. The molecule has 1 amide bonds. The minimum atomic E-state index is -0.548. The molecule has 0 fully saturated rings. The molecule has 0 aliphatic rings. The van der Waals surface area contributed by atoms with E-state index in [1.54, 1.807) is 7.11 Å². The van der Waals surface area contributed by atoms with Crippen LogP contribution < -0.4 is 10.1 Å². The summed E-state index contributed by atoms with van der Waals surface area (Å²) in [5, 5.41) is 2.39. The molecule has 1 N–H and O–H groups in total. The summed E-state index contributed by atoms with van der Waals surface area (Å²) in [6.07, 6.45) is 0.563. The standard InChI is InChI=1S/C18H18FNO4/c1-23-16-7-5-13(6-8-16)9-10-24-17(21)12-20-18(22)14-3-2-4-15(19)11-14/h2-8,11H,9-10,12H2,1H3,(H,20,22). The number of nitrogens with one attached hydrogen (secondary N) is 1. The van der Waals surface area contributed by atoms with E-state index in [4.69, 9.17) is 9.47 Å². The second-order valence-corrected chi connectivity index (χ2v) is 5.01. The van der Waals surface area contributed by atoms with Crippen molar-refractivity contribution >= 4 is 11.9 Å². The van der Waals surface area contributed by atoms with Crippen LogP contribution in [0.5, 0.6) is 5.75 Å². The number of amides is 1. The Kier molecular flexibility index (Phi) is 6.31. The molecular weight excluding hydrogens is 313 g/mol. The van der Waals surface area contributed by atoms with Crippen molar-refractivity contribution in [3.63, 3.8) is 0 Å². The topological polar surface area (TPSA) is 64.6 Å². The molecule has 2 aromatic carbocycles. The Morgan fingerprint density at radius 2 is 1.88 bits per heavy atom. The zero-order valence-electron chi connectivity index (χ0n) is 13.3. The molecule has 5 nitrogen and oxygen atoms in total. The molecule has 0 aromatic heterocycles. The van der Waals surface area contributed by atoms with Crippen molar-refractivity contribution in [1.82, 2.24) is 5.32 Å². The fourth-order valence-electron chi connectivity index (χ4n) is 2.01. The molecule has 0 atom stereocenters. The number of rotatable bonds is 7. The molecule has 0 heterocycles. The monoisotopic (exact) mass is 331 g/mol. The number of methoxy groups -OCH3 is 1. The van der Waals surface area contributed by atoms with Gasteiger partial charge in [-0.25, -0.2) is 4.39 Å². The highest BCUT2D eigenvalue weighted by molar-refractivity contribution is 5.95. The molecule has 24 heavy (non-hydrogen) atoms. The van der Waals surface area contributed by atoms with E-state index in [1.807, 2.05) is 24.3 Å². The summed E-state index contributed by atoms with van der Waals surface area (Å²) in [6, 6.07) is 12.7. The lowest BCUT2D eigenvalue weighted by atomic mass is 10.1. The van der Waals surface area contributed by atoms with Gasteiger partial charge in [-0.3, -0.25) is 9.59 Å². The van der Waals surface area contributed by atoms with Crippen LogP contribution in [0.4, 0.5) is 4.39 Å². The van der Waals surface area contributed by atoms with Crippen LogP contribution in [0.2, 0.25) is 0 Å². The maximum absolute atomic E-state index is 13.0. The van der Waals surface area contributed by atoms with Crippen LogP contribution in [0.1, 0.15) is 15.9 Å². The Labute approximate surface area is 139 Å². The first-order chi connectivity index (χ1) is 11.6. The van der Waals surface area contributed by atoms with Gasteiger partial charge in [-0.2, -0.15) is 0 Å². The molecule has 6 heteroatoms. The van der Waals surface area contributed by atoms with Crippen LogP contribution >= 0.6 is 0 Å². The van der Waals surface area contributed by atoms with Crippen molar-refractivity contribution in [2.45, 2.75) is 6.42 Å². The number of benzene rings is 2. The zero-order chi connectivity index (χ0) is 17.4. The van der Waals surface area contributed by atoms with Crippen molar-refractivity contribution < 1.29 is 23.5 Å². The molecule has 0 unspecified atom stereocenters. The maximum atomic E-state index is 13.0. The number of hydrogen-bond donors (Lipinski definition) is 1. The summed E-state index contributed by atoms with van der Waals surface area (Å²) >= 11 is 0. The van der Waals surface area contributed by atoms with Gasteiger partial charge in [0.15, 0.2) is 0 Å². The number of ether oxygens (including phenoxy) is 2. The summed E-state index contributed by atoms with van der Waals surface area (Å²) in [5.74, 6) is -0.824. The van der Waals surface area contributed by atoms with Crippen LogP contribution in [0, 0.1) is 5.82 Å². The third kappa shape index (κ3) is 5.39. The SMILES string of the molecule is COc1ccc(CCOC(=O)CNC(=O)c2cccc(F)c2)cc1. The summed E-state index contributed by atoms with van der Waals surface area (Å²) < 4.78 is 23.1. The lowest BCUT2D eigenvalue weighted by Gasteiger charge is -2.07. The molecule has 2 rings (SSSR count). The predicted molar refractivity (Wildman–Crippen MR) is 86.4 cm³/mol. The van der Waals surface area contributed by atoms with E-state index in [1.165, 1.54) is 18.2 Å². The van der Waals surface area contributed by atoms with Crippen LogP contribution in [0.15, 0.2) is 48.5 Å². The van der Waals surface area contributed by atoms with Gasteiger partial charge < -0.3 is 14.8 Å². The maximum Gasteiger partial charge on any atom is 0.325 e. The Morgan fingerprint density at radius 1 is 1.12 bits per heavy atom. The fraction of sp³-hybridized carbons (Fsp3) is 0.222. The van der Waals surface area contributed by atoms with Gasteiger partial charge in [0.2, 0.25) is 0 Å². The largest absolute Gasteiger partial charge is 0.497 e. The van der Waals surface area contributed by atoms with E-state index in [9.17, 15) is 14.0 Å². The van der Waals surface area contributed by atoms with E-state index < -0.39 is 17.7 Å². The lowest BCUT2D eigenvalue weighted by Crippen LogP contribution is -2.31. The first-order valence-corrected chi connectivity index (χ1v) is 7.41. The van der Waals surface area contributed by atoms with Gasteiger partial charge in [0.25, 0.3) is 5.91 Å². The Balaban J connectivity index is 1.70. The van der Waals surface area contributed by atoms with Crippen molar-refractivity contribution in [1.29, 1.82) is 0 Å². The average molecular weight is 331 g/mol. The van der Waals surface area contributed by atoms with Gasteiger partial charge in [-0.1, -0.05) is 18.2 Å². The van der Waals surface area contributed by atoms with Gasteiger partial charge in [-0.05, 0) is 35.9 Å². The Bertz CT molecular complexity index is 700. The van der Waals surface area contributed by atoms with E-state index in [0.717, 1.165) is 17.4 Å².